The van der Waals surface area contributed by atoms with Crippen molar-refractivity contribution in [2.24, 2.45) is 5.73 Å². The van der Waals surface area contributed by atoms with Crippen LogP contribution in [0.3, 0.4) is 0 Å². The Morgan fingerprint density at radius 3 is 2.65 bits per heavy atom. The van der Waals surface area contributed by atoms with Crippen molar-refractivity contribution in [3.63, 3.8) is 0 Å². The second-order valence-electron chi connectivity index (χ2n) is 4.66. The molecule has 0 aliphatic carbocycles. The molecule has 1 unspecified atom stereocenters. The molecule has 0 radical (unpaired) electrons. The van der Waals surface area contributed by atoms with Crippen molar-refractivity contribution in [1.29, 1.82) is 0 Å². The summed E-state index contributed by atoms with van der Waals surface area (Å²) in [5.41, 5.74) is 7.20. The maximum absolute atomic E-state index is 13.8. The Bertz CT molecular complexity index is 588. The lowest BCUT2D eigenvalue weighted by atomic mass is 10.1. The first kappa shape index (κ1) is 15.5. The molecule has 106 valence electrons. The van der Waals surface area contributed by atoms with Crippen LogP contribution in [0.15, 0.2) is 56.7 Å². The van der Waals surface area contributed by atoms with Crippen molar-refractivity contribution < 1.29 is 4.39 Å². The van der Waals surface area contributed by atoms with E-state index in [0.29, 0.717) is 4.90 Å². The Kier molecular flexibility index (Phi) is 5.64. The van der Waals surface area contributed by atoms with Crippen LogP contribution in [0.5, 0.6) is 0 Å². The van der Waals surface area contributed by atoms with Crippen LogP contribution < -0.4 is 5.73 Å². The largest absolute Gasteiger partial charge is 0.327 e. The summed E-state index contributed by atoms with van der Waals surface area (Å²) in [5.74, 6) is -0.189. The summed E-state index contributed by atoms with van der Waals surface area (Å²) >= 11 is 4.93. The molecule has 0 aliphatic heterocycles. The summed E-state index contributed by atoms with van der Waals surface area (Å²) in [4.78, 5) is 1.70. The first-order chi connectivity index (χ1) is 9.60. The zero-order valence-corrected chi connectivity index (χ0v) is 13.7. The van der Waals surface area contributed by atoms with Crippen LogP contribution in [0.2, 0.25) is 0 Å². The third kappa shape index (κ3) is 4.08. The van der Waals surface area contributed by atoms with Crippen LogP contribution in [0.25, 0.3) is 0 Å². The Balaban J connectivity index is 2.29. The van der Waals surface area contributed by atoms with E-state index in [4.69, 9.17) is 5.73 Å². The maximum atomic E-state index is 13.8. The monoisotopic (exact) mass is 353 g/mol. The zero-order valence-electron chi connectivity index (χ0n) is 11.3. The van der Waals surface area contributed by atoms with Crippen molar-refractivity contribution in [3.05, 3.63) is 58.3 Å². The standard InChI is InChI=1S/C16H17BrFNS/c1-2-13(19)10-11-9-12(17)7-8-15(11)20-16-6-4-3-5-14(16)18/h3-9,13H,2,10,19H2,1H3. The third-order valence-corrected chi connectivity index (χ3v) is 4.75. The van der Waals surface area contributed by atoms with Gasteiger partial charge in [0.05, 0.1) is 0 Å². The van der Waals surface area contributed by atoms with Crippen LogP contribution >= 0.6 is 27.7 Å². The van der Waals surface area contributed by atoms with E-state index in [1.165, 1.54) is 17.8 Å². The van der Waals surface area contributed by atoms with Crippen molar-refractivity contribution in [2.75, 3.05) is 0 Å². The molecular weight excluding hydrogens is 337 g/mol. The van der Waals surface area contributed by atoms with Gasteiger partial charge in [0.15, 0.2) is 0 Å². The van der Waals surface area contributed by atoms with Gasteiger partial charge in [-0.05, 0) is 48.7 Å². The number of halogens is 2. The molecule has 0 aromatic heterocycles. The Morgan fingerprint density at radius 1 is 1.20 bits per heavy atom. The SMILES string of the molecule is CCC(N)Cc1cc(Br)ccc1Sc1ccccc1F. The van der Waals surface area contributed by atoms with Gasteiger partial charge in [-0.1, -0.05) is 46.7 Å². The minimum atomic E-state index is -0.189. The highest BCUT2D eigenvalue weighted by Gasteiger charge is 2.11. The fourth-order valence-electron chi connectivity index (χ4n) is 1.88. The molecule has 0 heterocycles. The van der Waals surface area contributed by atoms with Gasteiger partial charge in [0, 0.05) is 20.3 Å². The molecule has 4 heteroatoms. The van der Waals surface area contributed by atoms with Crippen molar-refractivity contribution in [3.8, 4) is 0 Å². The summed E-state index contributed by atoms with van der Waals surface area (Å²) in [6.45, 7) is 2.08. The molecule has 0 amide bonds. The average Bonchev–Trinajstić information content (AvgIpc) is 2.44. The Hall–Kier alpha value is -0.840. The number of hydrogen-bond acceptors (Lipinski definition) is 2. The highest BCUT2D eigenvalue weighted by molar-refractivity contribution is 9.10. The second-order valence-corrected chi connectivity index (χ2v) is 6.66. The second kappa shape index (κ2) is 7.25. The molecule has 2 N–H and O–H groups in total. The number of rotatable bonds is 5. The van der Waals surface area contributed by atoms with Crippen LogP contribution in [0, 0.1) is 5.82 Å². The molecule has 0 saturated heterocycles. The lowest BCUT2D eigenvalue weighted by Gasteiger charge is -2.14. The van der Waals surface area contributed by atoms with Crippen molar-refractivity contribution >= 4 is 27.7 Å². The average molecular weight is 354 g/mol. The van der Waals surface area contributed by atoms with E-state index in [2.05, 4.69) is 28.9 Å². The van der Waals surface area contributed by atoms with Crippen LogP contribution in [-0.4, -0.2) is 6.04 Å². The smallest absolute Gasteiger partial charge is 0.137 e. The Morgan fingerprint density at radius 2 is 1.95 bits per heavy atom. The van der Waals surface area contributed by atoms with Crippen LogP contribution in [0.1, 0.15) is 18.9 Å². The van der Waals surface area contributed by atoms with Crippen molar-refractivity contribution in [2.45, 2.75) is 35.6 Å². The first-order valence-electron chi connectivity index (χ1n) is 6.56. The van der Waals surface area contributed by atoms with Gasteiger partial charge in [0.2, 0.25) is 0 Å². The van der Waals surface area contributed by atoms with Gasteiger partial charge < -0.3 is 5.73 Å². The molecule has 0 aliphatic rings. The highest BCUT2D eigenvalue weighted by Crippen LogP contribution is 2.34. The van der Waals surface area contributed by atoms with E-state index in [9.17, 15) is 4.39 Å². The van der Waals surface area contributed by atoms with Crippen LogP contribution in [-0.2, 0) is 6.42 Å². The fourth-order valence-corrected chi connectivity index (χ4v) is 3.25. The van der Waals surface area contributed by atoms with E-state index in [-0.39, 0.29) is 11.9 Å². The van der Waals surface area contributed by atoms with E-state index in [1.54, 1.807) is 12.1 Å². The number of benzene rings is 2. The van der Waals surface area contributed by atoms with Gasteiger partial charge in [-0.3, -0.25) is 0 Å². The molecule has 2 aromatic rings. The molecular formula is C16H17BrFNS. The molecule has 0 bridgehead atoms. The lowest BCUT2D eigenvalue weighted by molar-refractivity contribution is 0.602. The summed E-state index contributed by atoms with van der Waals surface area (Å²) in [7, 11) is 0. The highest BCUT2D eigenvalue weighted by atomic mass is 79.9. The molecule has 20 heavy (non-hydrogen) atoms. The lowest BCUT2D eigenvalue weighted by Crippen LogP contribution is -2.21. The molecule has 0 fully saturated rings. The van der Waals surface area contributed by atoms with Crippen molar-refractivity contribution in [1.82, 2.24) is 0 Å². The van der Waals surface area contributed by atoms with E-state index < -0.39 is 0 Å². The summed E-state index contributed by atoms with van der Waals surface area (Å²) in [6, 6.07) is 13.0. The Labute approximate surface area is 131 Å². The molecule has 2 aromatic carbocycles. The molecule has 1 atom stereocenters. The van der Waals surface area contributed by atoms with Gasteiger partial charge in [0.1, 0.15) is 5.82 Å². The predicted molar refractivity (Wildman–Crippen MR) is 86.6 cm³/mol. The molecule has 2 rings (SSSR count). The third-order valence-electron chi connectivity index (χ3n) is 3.09. The maximum Gasteiger partial charge on any atom is 0.137 e. The zero-order chi connectivity index (χ0) is 14.5. The van der Waals surface area contributed by atoms with Gasteiger partial charge in [-0.25, -0.2) is 4.39 Å². The number of hydrogen-bond donors (Lipinski definition) is 1. The minimum Gasteiger partial charge on any atom is -0.327 e. The minimum absolute atomic E-state index is 0.129. The predicted octanol–water partition coefficient (Wildman–Crippen LogP) is 5.02. The van der Waals surface area contributed by atoms with Gasteiger partial charge in [0.25, 0.3) is 0 Å². The van der Waals surface area contributed by atoms with E-state index in [0.717, 1.165) is 27.8 Å². The number of nitrogens with two attached hydrogens (primary N) is 1. The summed E-state index contributed by atoms with van der Waals surface area (Å²) < 4.78 is 14.8. The molecule has 0 saturated carbocycles. The van der Waals surface area contributed by atoms with Crippen LogP contribution in [0.4, 0.5) is 4.39 Å². The first-order valence-corrected chi connectivity index (χ1v) is 8.17. The van der Waals surface area contributed by atoms with E-state index in [1.807, 2.05) is 18.2 Å². The molecule has 1 nitrogen and oxygen atoms in total. The summed E-state index contributed by atoms with van der Waals surface area (Å²) in [6.07, 6.45) is 1.73. The topological polar surface area (TPSA) is 26.0 Å². The fraction of sp³-hybridized carbons (Fsp3) is 0.250. The summed E-state index contributed by atoms with van der Waals surface area (Å²) in [5, 5.41) is 0. The molecule has 0 spiro atoms. The van der Waals surface area contributed by atoms with Gasteiger partial charge in [-0.2, -0.15) is 0 Å². The van der Waals surface area contributed by atoms with E-state index >= 15 is 0 Å². The quantitative estimate of drug-likeness (QED) is 0.816. The van der Waals surface area contributed by atoms with Gasteiger partial charge in [-0.15, -0.1) is 0 Å². The normalized spacial score (nSPS) is 12.4. The van der Waals surface area contributed by atoms with Gasteiger partial charge >= 0.3 is 0 Å².